The second-order valence-corrected chi connectivity index (χ2v) is 8.58. The average molecular weight is 486 g/mol. The standard InChI is InChI=1S/C22H27N7O4S/c1-13-19(20(30)31)34-22(25-13)28-21-26-17(11-18(27-21)29-8-6-23-7-9-29)24-12-14-4-5-15(32-2)16(10-14)33-3/h4-5,10-11,23H,6-9,12H2,1-3H3,(H,30,31)(H2,24,25,26,27,28). The summed E-state index contributed by atoms with van der Waals surface area (Å²) in [5.74, 6) is 2.07. The lowest BCUT2D eigenvalue weighted by molar-refractivity contribution is 0.0701. The summed E-state index contributed by atoms with van der Waals surface area (Å²) in [5.41, 5.74) is 1.45. The molecule has 1 aliphatic heterocycles. The van der Waals surface area contributed by atoms with Crippen molar-refractivity contribution in [3.63, 3.8) is 0 Å². The van der Waals surface area contributed by atoms with E-state index in [1.165, 1.54) is 0 Å². The van der Waals surface area contributed by atoms with E-state index in [4.69, 9.17) is 9.47 Å². The van der Waals surface area contributed by atoms with Crippen LogP contribution in [-0.4, -0.2) is 66.4 Å². The van der Waals surface area contributed by atoms with E-state index >= 15 is 0 Å². The molecular formula is C22H27N7O4S. The molecule has 1 aromatic carbocycles. The highest BCUT2D eigenvalue weighted by Gasteiger charge is 2.18. The monoisotopic (exact) mass is 485 g/mol. The maximum absolute atomic E-state index is 11.4. The Hall–Kier alpha value is -3.64. The molecule has 3 heterocycles. The molecule has 180 valence electrons. The number of rotatable bonds is 9. The van der Waals surface area contributed by atoms with E-state index in [0.717, 1.165) is 48.9 Å². The Morgan fingerprint density at radius 3 is 2.59 bits per heavy atom. The van der Waals surface area contributed by atoms with Gasteiger partial charge < -0.3 is 30.1 Å². The van der Waals surface area contributed by atoms with E-state index in [-0.39, 0.29) is 4.88 Å². The number of hydrogen-bond acceptors (Lipinski definition) is 11. The molecule has 11 nitrogen and oxygen atoms in total. The molecule has 2 aromatic heterocycles. The zero-order valence-corrected chi connectivity index (χ0v) is 20.0. The van der Waals surface area contributed by atoms with Gasteiger partial charge in [0.2, 0.25) is 5.95 Å². The fraction of sp³-hybridized carbons (Fsp3) is 0.364. The largest absolute Gasteiger partial charge is 0.493 e. The molecule has 0 saturated carbocycles. The van der Waals surface area contributed by atoms with E-state index in [2.05, 4.69) is 35.8 Å². The number of aromatic nitrogens is 3. The van der Waals surface area contributed by atoms with E-state index in [1.807, 2.05) is 24.3 Å². The van der Waals surface area contributed by atoms with Gasteiger partial charge in [-0.15, -0.1) is 0 Å². The number of nitrogens with zero attached hydrogens (tertiary/aromatic N) is 4. The van der Waals surface area contributed by atoms with Crippen molar-refractivity contribution >= 4 is 40.0 Å². The number of thiazole rings is 1. The fourth-order valence-electron chi connectivity index (χ4n) is 3.56. The first kappa shape index (κ1) is 23.5. The Labute approximate surface area is 201 Å². The average Bonchev–Trinajstić information content (AvgIpc) is 3.23. The summed E-state index contributed by atoms with van der Waals surface area (Å²) in [5, 5.41) is 19.5. The van der Waals surface area contributed by atoms with Crippen molar-refractivity contribution in [2.24, 2.45) is 0 Å². The van der Waals surface area contributed by atoms with Crippen LogP contribution in [0, 0.1) is 6.92 Å². The topological polar surface area (TPSA) is 134 Å². The van der Waals surface area contributed by atoms with Crippen LogP contribution in [0.3, 0.4) is 0 Å². The number of methoxy groups -OCH3 is 2. The summed E-state index contributed by atoms with van der Waals surface area (Å²) < 4.78 is 10.7. The molecule has 4 N–H and O–H groups in total. The number of carbonyl (C=O) groups is 1. The number of carboxylic acid groups (broad SMARTS) is 1. The van der Waals surface area contributed by atoms with Crippen LogP contribution < -0.4 is 30.3 Å². The SMILES string of the molecule is COc1ccc(CNc2cc(N3CCNCC3)nc(Nc3nc(C)c(C(=O)O)s3)n2)cc1OC. The minimum atomic E-state index is -1.00. The molecule has 34 heavy (non-hydrogen) atoms. The molecular weight excluding hydrogens is 458 g/mol. The minimum Gasteiger partial charge on any atom is -0.493 e. The van der Waals surface area contributed by atoms with Crippen LogP contribution in [0.15, 0.2) is 24.3 Å². The Kier molecular flexibility index (Phi) is 7.28. The number of benzene rings is 1. The molecule has 0 aliphatic carbocycles. The number of aromatic carboxylic acids is 1. The van der Waals surface area contributed by atoms with Crippen molar-refractivity contribution in [1.82, 2.24) is 20.3 Å². The Morgan fingerprint density at radius 2 is 1.91 bits per heavy atom. The van der Waals surface area contributed by atoms with Gasteiger partial charge in [-0.3, -0.25) is 5.32 Å². The molecule has 0 bridgehead atoms. The van der Waals surface area contributed by atoms with Crippen molar-refractivity contribution < 1.29 is 19.4 Å². The molecule has 0 atom stereocenters. The highest BCUT2D eigenvalue weighted by molar-refractivity contribution is 7.17. The lowest BCUT2D eigenvalue weighted by Gasteiger charge is -2.28. The molecule has 1 saturated heterocycles. The number of piperazine rings is 1. The van der Waals surface area contributed by atoms with Crippen LogP contribution in [0.4, 0.5) is 22.7 Å². The lowest BCUT2D eigenvalue weighted by Crippen LogP contribution is -2.44. The van der Waals surface area contributed by atoms with Crippen LogP contribution in [0.5, 0.6) is 11.5 Å². The molecule has 0 amide bonds. The first-order valence-corrected chi connectivity index (χ1v) is 11.6. The predicted octanol–water partition coefficient (Wildman–Crippen LogP) is 2.72. The number of anilines is 4. The second-order valence-electron chi connectivity index (χ2n) is 7.58. The van der Waals surface area contributed by atoms with E-state index < -0.39 is 5.97 Å². The minimum absolute atomic E-state index is 0.188. The summed E-state index contributed by atoms with van der Waals surface area (Å²) in [7, 11) is 3.21. The van der Waals surface area contributed by atoms with Crippen LogP contribution in [-0.2, 0) is 6.54 Å². The Morgan fingerprint density at radius 1 is 1.15 bits per heavy atom. The van der Waals surface area contributed by atoms with Crippen molar-refractivity contribution in [2.45, 2.75) is 13.5 Å². The van der Waals surface area contributed by atoms with Crippen molar-refractivity contribution in [3.8, 4) is 11.5 Å². The van der Waals surface area contributed by atoms with Gasteiger partial charge in [0, 0.05) is 38.8 Å². The third kappa shape index (κ3) is 5.46. The second kappa shape index (κ2) is 10.5. The van der Waals surface area contributed by atoms with E-state index in [0.29, 0.717) is 40.6 Å². The normalized spacial score (nSPS) is 13.4. The van der Waals surface area contributed by atoms with Gasteiger partial charge in [-0.2, -0.15) is 9.97 Å². The highest BCUT2D eigenvalue weighted by Crippen LogP contribution is 2.29. The molecule has 0 spiro atoms. The van der Waals surface area contributed by atoms with Gasteiger partial charge in [0.05, 0.1) is 19.9 Å². The van der Waals surface area contributed by atoms with Gasteiger partial charge in [0.15, 0.2) is 16.6 Å². The predicted molar refractivity (Wildman–Crippen MR) is 131 cm³/mol. The van der Waals surface area contributed by atoms with Gasteiger partial charge >= 0.3 is 5.97 Å². The van der Waals surface area contributed by atoms with Crippen molar-refractivity contribution in [2.75, 3.05) is 55.9 Å². The first-order valence-electron chi connectivity index (χ1n) is 10.7. The number of nitrogens with one attached hydrogen (secondary N) is 3. The van der Waals surface area contributed by atoms with Gasteiger partial charge in [0.25, 0.3) is 0 Å². The first-order chi connectivity index (χ1) is 16.5. The summed E-state index contributed by atoms with van der Waals surface area (Å²) in [6.45, 7) is 5.57. The Bertz CT molecular complexity index is 1160. The molecule has 1 aliphatic rings. The maximum atomic E-state index is 11.4. The van der Waals surface area contributed by atoms with Crippen LogP contribution >= 0.6 is 11.3 Å². The van der Waals surface area contributed by atoms with E-state index in [9.17, 15) is 9.90 Å². The number of carboxylic acids is 1. The summed E-state index contributed by atoms with van der Waals surface area (Å²) in [6.07, 6.45) is 0. The lowest BCUT2D eigenvalue weighted by atomic mass is 10.2. The Balaban J connectivity index is 1.58. The van der Waals surface area contributed by atoms with Crippen molar-refractivity contribution in [1.29, 1.82) is 0 Å². The zero-order chi connectivity index (χ0) is 24.1. The van der Waals surface area contributed by atoms with Gasteiger partial charge in [-0.25, -0.2) is 9.78 Å². The number of ether oxygens (including phenoxy) is 2. The third-order valence-electron chi connectivity index (χ3n) is 5.28. The molecule has 3 aromatic rings. The fourth-order valence-corrected chi connectivity index (χ4v) is 4.36. The molecule has 12 heteroatoms. The molecule has 1 fully saturated rings. The summed E-state index contributed by atoms with van der Waals surface area (Å²) in [4.78, 5) is 27.3. The van der Waals surface area contributed by atoms with Crippen LogP contribution in [0.1, 0.15) is 20.9 Å². The molecule has 0 unspecified atom stereocenters. The summed E-state index contributed by atoms with van der Waals surface area (Å²) in [6, 6.07) is 7.64. The molecule has 4 rings (SSSR count). The maximum Gasteiger partial charge on any atom is 0.347 e. The quantitative estimate of drug-likeness (QED) is 0.356. The van der Waals surface area contributed by atoms with Crippen LogP contribution in [0.2, 0.25) is 0 Å². The van der Waals surface area contributed by atoms with Crippen molar-refractivity contribution in [3.05, 3.63) is 40.4 Å². The number of aryl methyl sites for hydroxylation is 1. The van der Waals surface area contributed by atoms with Crippen LogP contribution in [0.25, 0.3) is 0 Å². The zero-order valence-electron chi connectivity index (χ0n) is 19.2. The van der Waals surface area contributed by atoms with Gasteiger partial charge in [0.1, 0.15) is 16.5 Å². The third-order valence-corrected chi connectivity index (χ3v) is 6.35. The van der Waals surface area contributed by atoms with E-state index in [1.54, 1.807) is 21.1 Å². The van der Waals surface area contributed by atoms with Gasteiger partial charge in [-0.05, 0) is 24.6 Å². The summed E-state index contributed by atoms with van der Waals surface area (Å²) >= 11 is 1.06. The van der Waals surface area contributed by atoms with Gasteiger partial charge in [-0.1, -0.05) is 17.4 Å². The molecule has 0 radical (unpaired) electrons. The smallest absolute Gasteiger partial charge is 0.347 e. The highest BCUT2D eigenvalue weighted by atomic mass is 32.1. The number of hydrogen-bond donors (Lipinski definition) is 4.